The third kappa shape index (κ3) is 3.27. The molecule has 0 aromatic carbocycles. The number of hydrogen-bond acceptors (Lipinski definition) is 4. The molecule has 1 fully saturated rings. The molecule has 2 aliphatic rings. The summed E-state index contributed by atoms with van der Waals surface area (Å²) in [5.74, 6) is 3.15. The van der Waals surface area contributed by atoms with Crippen LogP contribution in [0.1, 0.15) is 62.5 Å². The summed E-state index contributed by atoms with van der Waals surface area (Å²) < 4.78 is 0. The molecule has 1 N–H and O–H groups in total. The molecule has 3 nitrogen and oxygen atoms in total. The Morgan fingerprint density at radius 3 is 2.80 bits per heavy atom. The van der Waals surface area contributed by atoms with Crippen LogP contribution in [0, 0.1) is 0 Å². The minimum Gasteiger partial charge on any atom is -0.370 e. The maximum atomic E-state index is 4.81. The summed E-state index contributed by atoms with van der Waals surface area (Å²) in [7, 11) is 0. The predicted molar refractivity (Wildman–Crippen MR) is 86.4 cm³/mol. The molecule has 1 aromatic heterocycles. The van der Waals surface area contributed by atoms with Crippen LogP contribution in [0.4, 0.5) is 5.82 Å². The van der Waals surface area contributed by atoms with Gasteiger partial charge < -0.3 is 5.32 Å². The number of hydrogen-bond donors (Lipinski definition) is 1. The van der Waals surface area contributed by atoms with E-state index in [1.807, 2.05) is 0 Å². The third-order valence-electron chi connectivity index (χ3n) is 4.27. The highest BCUT2D eigenvalue weighted by Gasteiger charge is 2.20. The Morgan fingerprint density at radius 1 is 1.15 bits per heavy atom. The van der Waals surface area contributed by atoms with Gasteiger partial charge in [0, 0.05) is 23.1 Å². The fourth-order valence-corrected chi connectivity index (χ4v) is 4.37. The number of nitrogens with zero attached hydrogens (tertiary/aromatic N) is 2. The molecule has 110 valence electrons. The second-order valence-corrected chi connectivity index (χ2v) is 7.20. The summed E-state index contributed by atoms with van der Waals surface area (Å²) in [4.78, 5) is 9.61. The van der Waals surface area contributed by atoms with E-state index in [-0.39, 0.29) is 0 Å². The van der Waals surface area contributed by atoms with Crippen LogP contribution >= 0.6 is 11.8 Å². The Kier molecular flexibility index (Phi) is 4.81. The lowest BCUT2D eigenvalue weighted by Gasteiger charge is -2.13. The summed E-state index contributed by atoms with van der Waals surface area (Å²) >= 11 is 2.06. The van der Waals surface area contributed by atoms with Crippen LogP contribution in [0.15, 0.2) is 0 Å². The van der Waals surface area contributed by atoms with E-state index in [0.717, 1.165) is 48.5 Å². The molecule has 1 heterocycles. The summed E-state index contributed by atoms with van der Waals surface area (Å²) in [6, 6.07) is 0. The van der Waals surface area contributed by atoms with Gasteiger partial charge in [-0.1, -0.05) is 19.8 Å². The minimum atomic E-state index is 0.846. The van der Waals surface area contributed by atoms with E-state index < -0.39 is 0 Å². The molecule has 0 amide bonds. The van der Waals surface area contributed by atoms with Crippen molar-refractivity contribution in [2.45, 2.75) is 69.3 Å². The maximum Gasteiger partial charge on any atom is 0.140 e. The van der Waals surface area contributed by atoms with Crippen LogP contribution in [0.25, 0.3) is 0 Å². The number of nitrogens with one attached hydrogen (secondary N) is 1. The zero-order chi connectivity index (χ0) is 13.8. The van der Waals surface area contributed by atoms with Crippen LogP contribution in [-0.4, -0.2) is 21.8 Å². The molecule has 1 aromatic rings. The number of rotatable bonds is 6. The van der Waals surface area contributed by atoms with Gasteiger partial charge in [-0.2, -0.15) is 11.8 Å². The Hall–Kier alpha value is -0.770. The van der Waals surface area contributed by atoms with Crippen molar-refractivity contribution in [3.8, 4) is 0 Å². The van der Waals surface area contributed by atoms with Crippen LogP contribution in [0.5, 0.6) is 0 Å². The first-order valence-electron chi connectivity index (χ1n) is 8.11. The van der Waals surface area contributed by atoms with E-state index in [9.17, 15) is 0 Å². The van der Waals surface area contributed by atoms with Gasteiger partial charge in [0.25, 0.3) is 0 Å². The molecule has 0 unspecified atom stereocenters. The van der Waals surface area contributed by atoms with Gasteiger partial charge in [0.1, 0.15) is 11.6 Å². The minimum absolute atomic E-state index is 0.846. The van der Waals surface area contributed by atoms with Crippen molar-refractivity contribution in [3.63, 3.8) is 0 Å². The SMILES string of the molecule is CCCNc1nc(CSC2CCCC2)nc2c1CCC2. The Labute approximate surface area is 126 Å². The fourth-order valence-electron chi connectivity index (χ4n) is 3.19. The molecule has 4 heteroatoms. The topological polar surface area (TPSA) is 37.8 Å². The van der Waals surface area contributed by atoms with Crippen LogP contribution in [0.2, 0.25) is 0 Å². The van der Waals surface area contributed by atoms with Gasteiger partial charge in [0.15, 0.2) is 0 Å². The van der Waals surface area contributed by atoms with Crippen molar-refractivity contribution < 1.29 is 0 Å². The molecule has 0 atom stereocenters. The number of thioether (sulfide) groups is 1. The monoisotopic (exact) mass is 291 g/mol. The number of anilines is 1. The lowest BCUT2D eigenvalue weighted by atomic mass is 10.2. The normalized spacial score (nSPS) is 18.4. The van der Waals surface area contributed by atoms with Crippen molar-refractivity contribution in [1.82, 2.24) is 9.97 Å². The van der Waals surface area contributed by atoms with E-state index >= 15 is 0 Å². The number of aryl methyl sites for hydroxylation is 1. The first kappa shape index (κ1) is 14.2. The van der Waals surface area contributed by atoms with Crippen molar-refractivity contribution in [1.29, 1.82) is 0 Å². The third-order valence-corrected chi connectivity index (χ3v) is 5.64. The maximum absolute atomic E-state index is 4.81. The Morgan fingerprint density at radius 2 is 2.00 bits per heavy atom. The van der Waals surface area contributed by atoms with Gasteiger partial charge >= 0.3 is 0 Å². The lowest BCUT2D eigenvalue weighted by Crippen LogP contribution is -2.09. The fraction of sp³-hybridized carbons (Fsp3) is 0.750. The molecule has 3 rings (SSSR count). The molecule has 0 saturated heterocycles. The summed E-state index contributed by atoms with van der Waals surface area (Å²) in [5, 5.41) is 4.35. The van der Waals surface area contributed by atoms with Gasteiger partial charge in [-0.25, -0.2) is 9.97 Å². The van der Waals surface area contributed by atoms with E-state index in [2.05, 4.69) is 24.0 Å². The second-order valence-electron chi connectivity index (χ2n) is 5.91. The highest BCUT2D eigenvalue weighted by molar-refractivity contribution is 7.99. The van der Waals surface area contributed by atoms with Gasteiger partial charge in [-0.15, -0.1) is 0 Å². The Balaban J connectivity index is 1.70. The van der Waals surface area contributed by atoms with Crippen molar-refractivity contribution in [2.75, 3.05) is 11.9 Å². The number of aromatic nitrogens is 2. The van der Waals surface area contributed by atoms with Gasteiger partial charge in [0.05, 0.1) is 5.75 Å². The zero-order valence-corrected chi connectivity index (χ0v) is 13.3. The van der Waals surface area contributed by atoms with Crippen LogP contribution in [-0.2, 0) is 18.6 Å². The van der Waals surface area contributed by atoms with Gasteiger partial charge in [0.2, 0.25) is 0 Å². The highest BCUT2D eigenvalue weighted by atomic mass is 32.2. The quantitative estimate of drug-likeness (QED) is 0.861. The summed E-state index contributed by atoms with van der Waals surface area (Å²) in [6.45, 7) is 3.21. The largest absolute Gasteiger partial charge is 0.370 e. The molecule has 0 spiro atoms. The van der Waals surface area contributed by atoms with E-state index in [1.165, 1.54) is 43.4 Å². The molecular weight excluding hydrogens is 266 g/mol. The predicted octanol–water partition coefficient (Wildman–Crippen LogP) is 3.96. The molecular formula is C16H25N3S. The first-order chi connectivity index (χ1) is 9.86. The first-order valence-corrected chi connectivity index (χ1v) is 9.16. The van der Waals surface area contributed by atoms with Crippen molar-refractivity contribution in [3.05, 3.63) is 17.1 Å². The molecule has 2 aliphatic carbocycles. The lowest BCUT2D eigenvalue weighted by molar-refractivity contribution is 0.886. The van der Waals surface area contributed by atoms with Gasteiger partial charge in [-0.3, -0.25) is 0 Å². The number of fused-ring (bicyclic) bond motifs is 1. The van der Waals surface area contributed by atoms with Crippen LogP contribution in [0.3, 0.4) is 0 Å². The standard InChI is InChI=1S/C16H25N3S/c1-2-10-17-16-13-8-5-9-14(13)18-15(19-16)11-20-12-6-3-4-7-12/h12H,2-11H2,1H3,(H,17,18,19). The molecule has 20 heavy (non-hydrogen) atoms. The van der Waals surface area contributed by atoms with Crippen molar-refractivity contribution >= 4 is 17.6 Å². The molecule has 1 saturated carbocycles. The Bertz CT molecular complexity index is 455. The van der Waals surface area contributed by atoms with Crippen molar-refractivity contribution in [2.24, 2.45) is 0 Å². The van der Waals surface area contributed by atoms with Gasteiger partial charge in [-0.05, 0) is 38.5 Å². The van der Waals surface area contributed by atoms with E-state index in [1.54, 1.807) is 0 Å². The molecule has 0 aliphatic heterocycles. The highest BCUT2D eigenvalue weighted by Crippen LogP contribution is 2.32. The average molecular weight is 291 g/mol. The molecule has 0 radical (unpaired) electrons. The van der Waals surface area contributed by atoms with E-state index in [4.69, 9.17) is 9.97 Å². The van der Waals surface area contributed by atoms with Crippen LogP contribution < -0.4 is 5.32 Å². The second kappa shape index (κ2) is 6.79. The average Bonchev–Trinajstić information content (AvgIpc) is 3.13. The summed E-state index contributed by atoms with van der Waals surface area (Å²) in [5.41, 5.74) is 2.69. The molecule has 0 bridgehead atoms. The smallest absolute Gasteiger partial charge is 0.140 e. The van der Waals surface area contributed by atoms with E-state index in [0.29, 0.717) is 0 Å². The summed E-state index contributed by atoms with van der Waals surface area (Å²) in [6.07, 6.45) is 10.3. The zero-order valence-electron chi connectivity index (χ0n) is 12.5.